The molecule has 0 radical (unpaired) electrons. The van der Waals surface area contributed by atoms with Crippen molar-refractivity contribution in [3.05, 3.63) is 95.8 Å². The van der Waals surface area contributed by atoms with Crippen LogP contribution in [0.3, 0.4) is 0 Å². The maximum atomic E-state index is 15.1. The number of amides is 5. The molecule has 3 aromatic rings. The predicted octanol–water partition coefficient (Wildman–Crippen LogP) is 4.52. The third kappa shape index (κ3) is 19.1. The lowest BCUT2D eigenvalue weighted by atomic mass is 9.83. The molecule has 0 spiro atoms. The molecule has 0 fully saturated rings. The fraction of sp³-hybridized carbons (Fsp3) is 0.500. The first-order valence-electron chi connectivity index (χ1n) is 22.8. The van der Waals surface area contributed by atoms with Gasteiger partial charge < -0.3 is 49.5 Å². The molecule has 17 nitrogen and oxygen atoms in total. The maximum absolute atomic E-state index is 15.1. The van der Waals surface area contributed by atoms with Crippen LogP contribution in [-0.2, 0) is 59.0 Å². The van der Waals surface area contributed by atoms with Crippen molar-refractivity contribution in [1.29, 1.82) is 0 Å². The average molecular weight is 1030 g/mol. The van der Waals surface area contributed by atoms with Crippen LogP contribution in [0.25, 0.3) is 11.1 Å². The summed E-state index contributed by atoms with van der Waals surface area (Å²) in [4.78, 5) is 76.0. The number of esters is 1. The molecule has 1 aromatic heterocycles. The minimum atomic E-state index is -5.47. The first-order chi connectivity index (χ1) is 33.8. The van der Waals surface area contributed by atoms with E-state index in [-0.39, 0.29) is 100 Å². The number of thioether (sulfide) groups is 1. The highest BCUT2D eigenvalue weighted by molar-refractivity contribution is 7.99. The number of alkyl halides is 3. The third-order valence-electron chi connectivity index (χ3n) is 10.4. The van der Waals surface area contributed by atoms with Crippen LogP contribution >= 0.6 is 11.8 Å². The van der Waals surface area contributed by atoms with Crippen molar-refractivity contribution < 1.29 is 74.4 Å². The lowest BCUT2D eigenvalue weighted by Gasteiger charge is -2.41. The van der Waals surface area contributed by atoms with Crippen LogP contribution in [0.2, 0.25) is 0 Å². The average Bonchev–Trinajstić information content (AvgIpc) is 3.88. The van der Waals surface area contributed by atoms with E-state index in [9.17, 15) is 46.3 Å². The molecule has 71 heavy (non-hydrogen) atoms. The molecule has 2 atom stereocenters. The van der Waals surface area contributed by atoms with Crippen LogP contribution in [0.5, 0.6) is 0 Å². The van der Waals surface area contributed by atoms with Gasteiger partial charge >= 0.3 is 12.1 Å². The van der Waals surface area contributed by atoms with Gasteiger partial charge in [-0.1, -0.05) is 51.1 Å². The molecular weight excluding hydrogens is 964 g/mol. The number of carbonyl (C=O) groups is 6. The molecule has 2 aromatic carbocycles. The van der Waals surface area contributed by atoms with Crippen molar-refractivity contribution >= 4 is 47.3 Å². The minimum Gasteiger partial charge on any atom is -0.425 e. The normalized spacial score (nSPS) is 13.6. The van der Waals surface area contributed by atoms with Crippen LogP contribution < -0.4 is 16.4 Å². The number of benzene rings is 2. The summed E-state index contributed by atoms with van der Waals surface area (Å²) >= 11 is 1.34. The van der Waals surface area contributed by atoms with Gasteiger partial charge in [-0.2, -0.15) is 24.9 Å². The number of carbonyl (C=O) groups excluding carboxylic acids is 6. The Bertz CT molecular complexity index is 2240. The number of nitrogens with one attached hydrogen (secondary N) is 2. The second-order valence-electron chi connectivity index (χ2n) is 16.9. The van der Waals surface area contributed by atoms with E-state index in [1.165, 1.54) is 17.8 Å². The smallest absolute Gasteiger partial charge is 0.425 e. The molecule has 1 unspecified atom stereocenters. The second kappa shape index (κ2) is 29.0. The molecule has 1 aliphatic rings. The molecule has 0 aliphatic carbocycles. The Labute approximate surface area is 412 Å². The number of rotatable bonds is 31. The van der Waals surface area contributed by atoms with Gasteiger partial charge in [0.25, 0.3) is 23.9 Å². The number of nitrogens with zero attached hydrogens (tertiary/aromatic N) is 3. The van der Waals surface area contributed by atoms with Crippen molar-refractivity contribution in [2.24, 2.45) is 11.1 Å². The highest BCUT2D eigenvalue weighted by atomic mass is 32.2. The number of hydrogen-bond acceptors (Lipinski definition) is 13. The van der Waals surface area contributed by atoms with E-state index in [0.717, 1.165) is 23.4 Å². The molecular formula is C48H61F5N6O11S. The summed E-state index contributed by atoms with van der Waals surface area (Å²) in [6.45, 7) is 8.54. The first-order valence-corrected chi connectivity index (χ1v) is 23.9. The first kappa shape index (κ1) is 57.9. The maximum Gasteiger partial charge on any atom is 0.491 e. The Balaban J connectivity index is 1.10. The van der Waals surface area contributed by atoms with E-state index >= 15 is 4.39 Å². The number of aromatic nitrogens is 1. The molecule has 0 bridgehead atoms. The molecule has 5 amide bonds. The van der Waals surface area contributed by atoms with Gasteiger partial charge in [-0.15, -0.1) is 0 Å². The number of imide groups is 1. The van der Waals surface area contributed by atoms with Crippen molar-refractivity contribution in [2.45, 2.75) is 58.6 Å². The number of hydrogen-bond donors (Lipinski definition) is 3. The minimum absolute atomic E-state index is 0.0746. The molecule has 2 heterocycles. The molecule has 4 N–H and O–H groups in total. The van der Waals surface area contributed by atoms with Gasteiger partial charge in [-0.25, -0.2) is 18.5 Å². The summed E-state index contributed by atoms with van der Waals surface area (Å²) in [5, 5.41) is 4.94. The lowest BCUT2D eigenvalue weighted by molar-refractivity contribution is -0.212. The van der Waals surface area contributed by atoms with E-state index in [2.05, 4.69) is 15.4 Å². The second-order valence-corrected chi connectivity index (χ2v) is 18.0. The van der Waals surface area contributed by atoms with Gasteiger partial charge in [0.1, 0.15) is 11.6 Å². The summed E-state index contributed by atoms with van der Waals surface area (Å²) in [6.07, 6.45) is -4.00. The summed E-state index contributed by atoms with van der Waals surface area (Å²) in [7, 11) is 0. The van der Waals surface area contributed by atoms with E-state index in [4.69, 9.17) is 24.7 Å². The Hall–Kier alpha value is -5.72. The third-order valence-corrected chi connectivity index (χ3v) is 11.3. The zero-order valence-electron chi connectivity index (χ0n) is 39.8. The molecule has 1 aliphatic heterocycles. The Morgan fingerprint density at radius 3 is 1.97 bits per heavy atom. The summed E-state index contributed by atoms with van der Waals surface area (Å²) in [6, 6.07) is 14.4. The van der Waals surface area contributed by atoms with Crippen LogP contribution in [0.1, 0.15) is 50.9 Å². The Kier molecular flexibility index (Phi) is 23.6. The summed E-state index contributed by atoms with van der Waals surface area (Å²) in [5.41, 5.74) is 7.81. The van der Waals surface area contributed by atoms with Gasteiger partial charge in [-0.3, -0.25) is 24.0 Å². The van der Waals surface area contributed by atoms with E-state index in [0.29, 0.717) is 49.5 Å². The van der Waals surface area contributed by atoms with Gasteiger partial charge in [0, 0.05) is 73.5 Å². The quantitative estimate of drug-likeness (QED) is 0.0351. The number of halogens is 5. The molecule has 23 heteroatoms. The number of ether oxygens (including phenoxy) is 5. The van der Waals surface area contributed by atoms with Crippen molar-refractivity contribution in [3.63, 3.8) is 0 Å². The van der Waals surface area contributed by atoms with Crippen molar-refractivity contribution in [1.82, 2.24) is 25.0 Å². The molecule has 0 saturated carbocycles. The van der Waals surface area contributed by atoms with Crippen molar-refractivity contribution in [3.8, 4) is 11.1 Å². The largest absolute Gasteiger partial charge is 0.491 e. The lowest BCUT2D eigenvalue weighted by Crippen LogP contribution is -2.53. The predicted molar refractivity (Wildman–Crippen MR) is 251 cm³/mol. The highest BCUT2D eigenvalue weighted by Crippen LogP contribution is 2.41. The van der Waals surface area contributed by atoms with Crippen LogP contribution in [-0.4, -0.2) is 153 Å². The van der Waals surface area contributed by atoms with Gasteiger partial charge in [0.2, 0.25) is 11.8 Å². The van der Waals surface area contributed by atoms with E-state index in [1.54, 1.807) is 6.20 Å². The highest BCUT2D eigenvalue weighted by Gasteiger charge is 2.47. The van der Waals surface area contributed by atoms with E-state index in [1.807, 2.05) is 66.6 Å². The van der Waals surface area contributed by atoms with Gasteiger partial charge in [-0.05, 0) is 48.2 Å². The standard InChI is InChI=1S/C48H61F5N6O11S/c1-47(2,3)43(38-28-34(36-29-35(49)10-11-37(36)50)31-57(38)30-33-8-5-4-6-9-33)58(18-7-15-54)42(63)32-71-27-14-39(60)55-16-19-66-21-23-68-25-26-69-24-22-67-20-17-56-44(64)45(70-46(65)48(51,52)53)59-40(61)12-13-41(59)62/h4-6,8-13,28-29,31,43,45H,7,14-27,30,32,54H2,1-3H3,(H,55,60)(H,56,64)/t43-,45?/m0/s1. The van der Waals surface area contributed by atoms with Crippen LogP contribution in [0.15, 0.2) is 72.9 Å². The fourth-order valence-electron chi connectivity index (χ4n) is 7.16. The zero-order chi connectivity index (χ0) is 52.0. The molecule has 390 valence electrons. The molecule has 4 rings (SSSR count). The van der Waals surface area contributed by atoms with E-state index < -0.39 is 59.2 Å². The number of nitrogens with two attached hydrogens (primary N) is 1. The SMILES string of the molecule is CC(C)(C)[C@H](c1cc(-c2cc(F)ccc2F)cn1Cc1ccccc1)N(CCCN)C(=O)CSCCC(=O)NCCOCCOCCOCCOCCNC(=O)C(OC(=O)C(F)(F)F)N1C(=O)C=CC1=O. The van der Waals surface area contributed by atoms with Crippen LogP contribution in [0.4, 0.5) is 22.0 Å². The van der Waals surface area contributed by atoms with Gasteiger partial charge in [0.05, 0.1) is 64.6 Å². The van der Waals surface area contributed by atoms with Crippen LogP contribution in [0, 0.1) is 17.0 Å². The summed E-state index contributed by atoms with van der Waals surface area (Å²) in [5.74, 6) is -7.33. The van der Waals surface area contributed by atoms with Crippen molar-refractivity contribution in [2.75, 3.05) is 90.5 Å². The molecule has 0 saturated heterocycles. The Morgan fingerprint density at radius 1 is 0.803 bits per heavy atom. The van der Waals surface area contributed by atoms with Gasteiger partial charge in [0.15, 0.2) is 0 Å². The summed E-state index contributed by atoms with van der Waals surface area (Å²) < 4.78 is 95.3. The monoisotopic (exact) mass is 1020 g/mol. The fourth-order valence-corrected chi connectivity index (χ4v) is 7.97. The zero-order valence-corrected chi connectivity index (χ0v) is 40.6. The topological polar surface area (TPSA) is 210 Å². The Morgan fingerprint density at radius 2 is 1.39 bits per heavy atom.